The van der Waals surface area contributed by atoms with E-state index in [1.807, 2.05) is 12.1 Å². The Morgan fingerprint density at radius 2 is 2.00 bits per heavy atom. The third kappa shape index (κ3) is 3.12. The maximum atomic E-state index is 12.5. The molecule has 0 fully saturated rings. The summed E-state index contributed by atoms with van der Waals surface area (Å²) in [6.07, 6.45) is 4.52. The smallest absolute Gasteiger partial charge is 0.259 e. The third-order valence-corrected chi connectivity index (χ3v) is 6.80. The molecule has 2 heterocycles. The monoisotopic (exact) mass is 406 g/mol. The highest BCUT2D eigenvalue weighted by Crippen LogP contribution is 2.33. The van der Waals surface area contributed by atoms with E-state index in [9.17, 15) is 4.79 Å². The van der Waals surface area contributed by atoms with Crippen molar-refractivity contribution >= 4 is 49.2 Å². The topological polar surface area (TPSA) is 45.8 Å². The highest BCUT2D eigenvalue weighted by atomic mass is 79.9. The van der Waals surface area contributed by atoms with Gasteiger partial charge in [-0.15, -0.1) is 23.1 Å². The molecular formula is C17H15BrN2OS2. The molecular weight excluding hydrogens is 392 g/mol. The molecule has 3 nitrogen and oxygen atoms in total. The number of thioether (sulfide) groups is 1. The fourth-order valence-electron chi connectivity index (χ4n) is 2.96. The van der Waals surface area contributed by atoms with Crippen LogP contribution in [-0.4, -0.2) is 9.97 Å². The van der Waals surface area contributed by atoms with Crippen LogP contribution in [0.3, 0.4) is 0 Å². The number of nitrogens with one attached hydrogen (secondary N) is 1. The van der Waals surface area contributed by atoms with Gasteiger partial charge in [-0.3, -0.25) is 4.79 Å². The molecule has 0 unspecified atom stereocenters. The molecule has 0 saturated carbocycles. The van der Waals surface area contributed by atoms with Crippen molar-refractivity contribution in [3.63, 3.8) is 0 Å². The maximum Gasteiger partial charge on any atom is 0.259 e. The van der Waals surface area contributed by atoms with Crippen LogP contribution in [0.25, 0.3) is 10.2 Å². The highest BCUT2D eigenvalue weighted by Gasteiger charge is 2.19. The van der Waals surface area contributed by atoms with Crippen LogP contribution in [0.2, 0.25) is 0 Å². The molecule has 23 heavy (non-hydrogen) atoms. The van der Waals surface area contributed by atoms with Gasteiger partial charge in [-0.1, -0.05) is 15.9 Å². The normalized spacial score (nSPS) is 14.1. The molecule has 1 aromatic carbocycles. The van der Waals surface area contributed by atoms with Crippen molar-refractivity contribution in [2.24, 2.45) is 0 Å². The number of H-pyrrole nitrogens is 1. The van der Waals surface area contributed by atoms with Gasteiger partial charge in [-0.25, -0.2) is 4.98 Å². The van der Waals surface area contributed by atoms with E-state index in [4.69, 9.17) is 4.98 Å². The predicted octanol–water partition coefficient (Wildman–Crippen LogP) is 4.92. The minimum atomic E-state index is 0.0285. The molecule has 1 N–H and O–H groups in total. The highest BCUT2D eigenvalue weighted by molar-refractivity contribution is 9.10. The summed E-state index contributed by atoms with van der Waals surface area (Å²) in [7, 11) is 0. The number of aromatic nitrogens is 2. The molecule has 0 atom stereocenters. The lowest BCUT2D eigenvalue weighted by Crippen LogP contribution is -2.12. The van der Waals surface area contributed by atoms with Gasteiger partial charge in [0.15, 0.2) is 0 Å². The first-order valence-corrected chi connectivity index (χ1v) is 10.2. The van der Waals surface area contributed by atoms with Crippen molar-refractivity contribution in [1.82, 2.24) is 9.97 Å². The molecule has 1 aliphatic carbocycles. The van der Waals surface area contributed by atoms with Crippen LogP contribution < -0.4 is 5.56 Å². The number of benzene rings is 1. The van der Waals surface area contributed by atoms with Crippen molar-refractivity contribution in [2.45, 2.75) is 36.3 Å². The van der Waals surface area contributed by atoms with Gasteiger partial charge in [0.1, 0.15) is 10.7 Å². The first-order chi connectivity index (χ1) is 11.2. The van der Waals surface area contributed by atoms with Gasteiger partial charge in [0.2, 0.25) is 0 Å². The number of aromatic amines is 1. The number of thiophene rings is 1. The van der Waals surface area contributed by atoms with E-state index in [-0.39, 0.29) is 5.56 Å². The second kappa shape index (κ2) is 6.42. The number of aryl methyl sites for hydroxylation is 2. The van der Waals surface area contributed by atoms with E-state index >= 15 is 0 Å². The van der Waals surface area contributed by atoms with Gasteiger partial charge in [-0.2, -0.15) is 0 Å². The Hall–Kier alpha value is -1.11. The first kappa shape index (κ1) is 15.4. The lowest BCUT2D eigenvalue weighted by atomic mass is 9.97. The summed E-state index contributed by atoms with van der Waals surface area (Å²) < 4.78 is 1.07. The van der Waals surface area contributed by atoms with Crippen molar-refractivity contribution in [2.75, 3.05) is 0 Å². The van der Waals surface area contributed by atoms with Crippen molar-refractivity contribution in [3.05, 3.63) is 55.4 Å². The Kier molecular flexibility index (Phi) is 4.30. The van der Waals surface area contributed by atoms with Crippen LogP contribution in [0.5, 0.6) is 0 Å². The van der Waals surface area contributed by atoms with E-state index < -0.39 is 0 Å². The molecule has 4 rings (SSSR count). The Morgan fingerprint density at radius 3 is 2.83 bits per heavy atom. The second-order valence-electron chi connectivity index (χ2n) is 5.65. The van der Waals surface area contributed by atoms with Gasteiger partial charge in [0.25, 0.3) is 5.56 Å². The van der Waals surface area contributed by atoms with Crippen LogP contribution in [-0.2, 0) is 18.6 Å². The molecule has 3 aromatic rings. The minimum absolute atomic E-state index is 0.0285. The fourth-order valence-corrected chi connectivity index (χ4v) is 5.27. The van der Waals surface area contributed by atoms with E-state index in [1.165, 1.54) is 28.2 Å². The zero-order chi connectivity index (χ0) is 15.8. The Morgan fingerprint density at radius 1 is 1.22 bits per heavy atom. The summed E-state index contributed by atoms with van der Waals surface area (Å²) in [5.41, 5.74) is 1.28. The van der Waals surface area contributed by atoms with E-state index in [0.29, 0.717) is 5.75 Å². The minimum Gasteiger partial charge on any atom is -0.309 e. The Balaban J connectivity index is 1.63. The SMILES string of the molecule is O=c1[nH]c(CSc2ccc(Br)cc2)nc2sc3c(c12)CCCC3. The fraction of sp³-hybridized carbons (Fsp3) is 0.294. The number of nitrogens with zero attached hydrogens (tertiary/aromatic N) is 1. The first-order valence-electron chi connectivity index (χ1n) is 7.62. The standard InChI is InChI=1S/C17H15BrN2OS2/c18-10-5-7-11(8-6-10)22-9-14-19-16(21)15-12-3-1-2-4-13(12)23-17(15)20-14/h5-8H,1-4,9H2,(H,19,20,21). The van der Waals surface area contributed by atoms with Gasteiger partial charge in [0.05, 0.1) is 11.1 Å². The summed E-state index contributed by atoms with van der Waals surface area (Å²) in [5.74, 6) is 1.43. The van der Waals surface area contributed by atoms with Gasteiger partial charge >= 0.3 is 0 Å². The molecule has 2 aromatic heterocycles. The average Bonchev–Trinajstić information content (AvgIpc) is 2.93. The van der Waals surface area contributed by atoms with Crippen LogP contribution in [0.15, 0.2) is 38.4 Å². The number of hydrogen-bond donors (Lipinski definition) is 1. The summed E-state index contributed by atoms with van der Waals surface area (Å²) in [5, 5.41) is 0.835. The van der Waals surface area contributed by atoms with Crippen molar-refractivity contribution in [3.8, 4) is 0 Å². The largest absolute Gasteiger partial charge is 0.309 e. The molecule has 1 aliphatic rings. The lowest BCUT2D eigenvalue weighted by molar-refractivity contribution is 0.700. The number of rotatable bonds is 3. The predicted molar refractivity (Wildman–Crippen MR) is 101 cm³/mol. The summed E-state index contributed by atoms with van der Waals surface area (Å²) in [6.45, 7) is 0. The van der Waals surface area contributed by atoms with E-state index in [0.717, 1.165) is 33.4 Å². The van der Waals surface area contributed by atoms with Crippen LogP contribution in [0.1, 0.15) is 29.1 Å². The zero-order valence-corrected chi connectivity index (χ0v) is 15.6. The molecule has 0 amide bonds. The molecule has 0 spiro atoms. The molecule has 118 valence electrons. The molecule has 0 saturated heterocycles. The van der Waals surface area contributed by atoms with Crippen molar-refractivity contribution < 1.29 is 0 Å². The summed E-state index contributed by atoms with van der Waals surface area (Å²) in [4.78, 5) is 23.6. The Labute approximate surface area is 150 Å². The lowest BCUT2D eigenvalue weighted by Gasteiger charge is -2.09. The second-order valence-corrected chi connectivity index (χ2v) is 8.69. The maximum absolute atomic E-state index is 12.5. The van der Waals surface area contributed by atoms with Crippen LogP contribution >= 0.6 is 39.0 Å². The zero-order valence-electron chi connectivity index (χ0n) is 12.4. The van der Waals surface area contributed by atoms with Crippen LogP contribution in [0, 0.1) is 0 Å². The van der Waals surface area contributed by atoms with Crippen LogP contribution in [0.4, 0.5) is 0 Å². The number of fused-ring (bicyclic) bond motifs is 3. The van der Waals surface area contributed by atoms with Gasteiger partial charge in [0, 0.05) is 14.2 Å². The third-order valence-electron chi connectivity index (χ3n) is 4.06. The van der Waals surface area contributed by atoms with Crippen molar-refractivity contribution in [1.29, 1.82) is 0 Å². The summed E-state index contributed by atoms with van der Waals surface area (Å²) in [6, 6.07) is 8.18. The molecule has 0 radical (unpaired) electrons. The Bertz CT molecular complexity index is 915. The number of hydrogen-bond acceptors (Lipinski definition) is 4. The van der Waals surface area contributed by atoms with Gasteiger partial charge in [-0.05, 0) is 55.5 Å². The van der Waals surface area contributed by atoms with E-state index in [2.05, 4.69) is 33.0 Å². The average molecular weight is 407 g/mol. The molecule has 0 aliphatic heterocycles. The molecule has 6 heteroatoms. The quantitative estimate of drug-likeness (QED) is 0.627. The number of halogens is 1. The van der Waals surface area contributed by atoms with Gasteiger partial charge < -0.3 is 4.98 Å². The summed E-state index contributed by atoms with van der Waals surface area (Å²) >= 11 is 6.83. The van der Waals surface area contributed by atoms with E-state index in [1.54, 1.807) is 23.1 Å². The molecule has 0 bridgehead atoms.